The first-order chi connectivity index (χ1) is 11.1. The largest absolute Gasteiger partial charge is 0.339 e. The summed E-state index contributed by atoms with van der Waals surface area (Å²) < 4.78 is 13.2. The first kappa shape index (κ1) is 17.9. The Balaban J connectivity index is 1.92. The molecule has 1 unspecified atom stereocenters. The van der Waals surface area contributed by atoms with E-state index >= 15 is 0 Å². The molecule has 1 heterocycles. The Morgan fingerprint density at radius 3 is 2.78 bits per heavy atom. The van der Waals surface area contributed by atoms with Gasteiger partial charge in [-0.25, -0.2) is 4.39 Å². The number of nitrogens with one attached hydrogen (secondary N) is 1. The molecule has 1 amide bonds. The maximum Gasteiger partial charge on any atom is 0.225 e. The topological polar surface area (TPSA) is 32.3 Å². The van der Waals surface area contributed by atoms with Crippen LogP contribution in [0.25, 0.3) is 0 Å². The Morgan fingerprint density at radius 2 is 2.13 bits per heavy atom. The van der Waals surface area contributed by atoms with E-state index in [1.165, 1.54) is 6.07 Å². The molecule has 1 aliphatic heterocycles. The van der Waals surface area contributed by atoms with E-state index in [2.05, 4.69) is 17.1 Å². The maximum atomic E-state index is 13.2. The minimum Gasteiger partial charge on any atom is -0.339 e. The Bertz CT molecular complexity index is 500. The molecule has 1 aliphatic rings. The maximum absolute atomic E-state index is 13.2. The molecular formula is C19H29FN2O. The van der Waals surface area contributed by atoms with Crippen LogP contribution in [0.15, 0.2) is 24.3 Å². The fourth-order valence-electron chi connectivity index (χ4n) is 3.31. The summed E-state index contributed by atoms with van der Waals surface area (Å²) in [6.07, 6.45) is 4.60. The number of halogens is 1. The van der Waals surface area contributed by atoms with Crippen LogP contribution < -0.4 is 5.32 Å². The van der Waals surface area contributed by atoms with Gasteiger partial charge >= 0.3 is 0 Å². The second-order valence-corrected chi connectivity index (χ2v) is 6.58. The second-order valence-electron chi connectivity index (χ2n) is 6.58. The zero-order valence-corrected chi connectivity index (χ0v) is 14.4. The SMILES string of the molecule is CCCN(C(=O)C(C)CCc1cccc(F)c1)C1CCNCC1. The molecule has 2 rings (SSSR count). The lowest BCUT2D eigenvalue weighted by atomic mass is 9.97. The van der Waals surface area contributed by atoms with Gasteiger partial charge in [0.05, 0.1) is 0 Å². The van der Waals surface area contributed by atoms with Crippen molar-refractivity contribution in [2.24, 2.45) is 5.92 Å². The summed E-state index contributed by atoms with van der Waals surface area (Å²) in [7, 11) is 0. The number of hydrogen-bond donors (Lipinski definition) is 1. The number of amides is 1. The van der Waals surface area contributed by atoms with Gasteiger partial charge in [-0.15, -0.1) is 0 Å². The number of aryl methyl sites for hydroxylation is 1. The molecule has 0 aliphatic carbocycles. The van der Waals surface area contributed by atoms with Crippen molar-refractivity contribution in [3.05, 3.63) is 35.6 Å². The number of hydrogen-bond acceptors (Lipinski definition) is 2. The molecule has 1 saturated heterocycles. The first-order valence-corrected chi connectivity index (χ1v) is 8.87. The number of nitrogens with zero attached hydrogens (tertiary/aromatic N) is 1. The normalized spacial score (nSPS) is 17.0. The summed E-state index contributed by atoms with van der Waals surface area (Å²) in [5.74, 6) is 0.0404. The third kappa shape index (κ3) is 5.31. The lowest BCUT2D eigenvalue weighted by Gasteiger charge is -2.36. The molecule has 1 fully saturated rings. The quantitative estimate of drug-likeness (QED) is 0.835. The van der Waals surface area contributed by atoms with Crippen LogP contribution in [0.1, 0.15) is 45.1 Å². The van der Waals surface area contributed by atoms with E-state index in [9.17, 15) is 9.18 Å². The number of carbonyl (C=O) groups excluding carboxylic acids is 1. The standard InChI is InChI=1S/C19H29FN2O/c1-3-13-22(18-9-11-21-12-10-18)19(23)15(2)7-8-16-5-4-6-17(20)14-16/h4-6,14-15,18,21H,3,7-13H2,1-2H3. The van der Waals surface area contributed by atoms with Gasteiger partial charge in [0.1, 0.15) is 5.82 Å². The molecule has 4 heteroatoms. The average Bonchev–Trinajstić information content (AvgIpc) is 2.58. The minimum absolute atomic E-state index is 0.0142. The molecule has 0 saturated carbocycles. The number of carbonyl (C=O) groups is 1. The fourth-order valence-corrected chi connectivity index (χ4v) is 3.31. The third-order valence-corrected chi connectivity index (χ3v) is 4.67. The van der Waals surface area contributed by atoms with Gasteiger partial charge in [0.15, 0.2) is 0 Å². The molecule has 0 aromatic heterocycles. The second kappa shape index (κ2) is 9.02. The van der Waals surface area contributed by atoms with Crippen molar-refractivity contribution >= 4 is 5.91 Å². The predicted octanol–water partition coefficient (Wildman–Crippen LogP) is 3.39. The number of rotatable bonds is 7. The zero-order valence-electron chi connectivity index (χ0n) is 14.4. The molecule has 23 heavy (non-hydrogen) atoms. The Hall–Kier alpha value is -1.42. The Labute approximate surface area is 139 Å². The molecular weight excluding hydrogens is 291 g/mol. The highest BCUT2D eigenvalue weighted by Gasteiger charge is 2.27. The van der Waals surface area contributed by atoms with Crippen molar-refractivity contribution in [3.8, 4) is 0 Å². The summed E-state index contributed by atoms with van der Waals surface area (Å²) in [4.78, 5) is 14.9. The van der Waals surface area contributed by atoms with E-state index in [1.807, 2.05) is 13.0 Å². The van der Waals surface area contributed by atoms with Crippen LogP contribution in [0, 0.1) is 11.7 Å². The van der Waals surface area contributed by atoms with E-state index in [0.717, 1.165) is 57.3 Å². The molecule has 1 N–H and O–H groups in total. The van der Waals surface area contributed by atoms with Crippen LogP contribution in [0.5, 0.6) is 0 Å². The fraction of sp³-hybridized carbons (Fsp3) is 0.632. The summed E-state index contributed by atoms with van der Waals surface area (Å²) in [6.45, 7) is 6.96. The van der Waals surface area contributed by atoms with Gasteiger partial charge in [0.25, 0.3) is 0 Å². The van der Waals surface area contributed by atoms with E-state index < -0.39 is 0 Å². The molecule has 0 spiro atoms. The van der Waals surface area contributed by atoms with Crippen LogP contribution in [0.2, 0.25) is 0 Å². The molecule has 128 valence electrons. The van der Waals surface area contributed by atoms with Crippen molar-refractivity contribution in [1.29, 1.82) is 0 Å². The van der Waals surface area contributed by atoms with Gasteiger partial charge in [-0.2, -0.15) is 0 Å². The van der Waals surface area contributed by atoms with Crippen molar-refractivity contribution in [2.45, 2.75) is 52.0 Å². The van der Waals surface area contributed by atoms with Gasteiger partial charge in [-0.1, -0.05) is 26.0 Å². The smallest absolute Gasteiger partial charge is 0.225 e. The highest BCUT2D eigenvalue weighted by Crippen LogP contribution is 2.19. The lowest BCUT2D eigenvalue weighted by molar-refractivity contribution is -0.138. The van der Waals surface area contributed by atoms with Crippen molar-refractivity contribution in [3.63, 3.8) is 0 Å². The van der Waals surface area contributed by atoms with E-state index in [4.69, 9.17) is 0 Å². The minimum atomic E-state index is -0.205. The third-order valence-electron chi connectivity index (χ3n) is 4.67. The van der Waals surface area contributed by atoms with Crippen LogP contribution in [0.4, 0.5) is 4.39 Å². The highest BCUT2D eigenvalue weighted by atomic mass is 19.1. The zero-order chi connectivity index (χ0) is 16.7. The molecule has 1 aromatic carbocycles. The van der Waals surface area contributed by atoms with Crippen LogP contribution >= 0.6 is 0 Å². The molecule has 1 atom stereocenters. The monoisotopic (exact) mass is 320 g/mol. The molecule has 0 radical (unpaired) electrons. The van der Waals surface area contributed by atoms with Crippen molar-refractivity contribution in [2.75, 3.05) is 19.6 Å². The van der Waals surface area contributed by atoms with E-state index in [1.54, 1.807) is 12.1 Å². The van der Waals surface area contributed by atoms with E-state index in [-0.39, 0.29) is 17.6 Å². The van der Waals surface area contributed by atoms with E-state index in [0.29, 0.717) is 6.04 Å². The van der Waals surface area contributed by atoms with Crippen LogP contribution in [-0.4, -0.2) is 36.5 Å². The Kier molecular flexibility index (Phi) is 7.03. The van der Waals surface area contributed by atoms with Crippen LogP contribution in [0.3, 0.4) is 0 Å². The van der Waals surface area contributed by atoms with Crippen molar-refractivity contribution < 1.29 is 9.18 Å². The predicted molar refractivity (Wildman–Crippen MR) is 91.8 cm³/mol. The molecule has 3 nitrogen and oxygen atoms in total. The summed E-state index contributed by atoms with van der Waals surface area (Å²) in [6, 6.07) is 7.05. The van der Waals surface area contributed by atoms with Gasteiger partial charge in [0, 0.05) is 18.5 Å². The number of benzene rings is 1. The molecule has 0 bridgehead atoms. The van der Waals surface area contributed by atoms with Gasteiger partial charge in [-0.3, -0.25) is 4.79 Å². The summed E-state index contributed by atoms with van der Waals surface area (Å²) in [5.41, 5.74) is 0.966. The molecule has 1 aromatic rings. The first-order valence-electron chi connectivity index (χ1n) is 8.87. The lowest BCUT2D eigenvalue weighted by Crippen LogP contribution is -2.48. The highest BCUT2D eigenvalue weighted by molar-refractivity contribution is 5.78. The number of piperidine rings is 1. The van der Waals surface area contributed by atoms with Crippen LogP contribution in [-0.2, 0) is 11.2 Å². The Morgan fingerprint density at radius 1 is 1.39 bits per heavy atom. The van der Waals surface area contributed by atoms with Gasteiger partial charge in [-0.05, 0) is 62.9 Å². The van der Waals surface area contributed by atoms with Crippen molar-refractivity contribution in [1.82, 2.24) is 10.2 Å². The van der Waals surface area contributed by atoms with Gasteiger partial charge in [0.2, 0.25) is 5.91 Å². The summed E-state index contributed by atoms with van der Waals surface area (Å²) in [5, 5.41) is 3.36. The van der Waals surface area contributed by atoms with Gasteiger partial charge < -0.3 is 10.2 Å². The average molecular weight is 320 g/mol. The summed E-state index contributed by atoms with van der Waals surface area (Å²) >= 11 is 0.